The van der Waals surface area contributed by atoms with Gasteiger partial charge in [0.2, 0.25) is 0 Å². The van der Waals surface area contributed by atoms with Crippen LogP contribution in [0, 0.1) is 0 Å². The van der Waals surface area contributed by atoms with Crippen molar-refractivity contribution in [3.05, 3.63) is 0 Å². The predicted octanol–water partition coefficient (Wildman–Crippen LogP) is 2.06. The smallest absolute Gasteiger partial charge is 0.0591 e. The molecular formula is C10H24N2. The molecule has 0 spiro atoms. The maximum Gasteiger partial charge on any atom is 0.0591 e. The molecule has 0 saturated carbocycles. The van der Waals surface area contributed by atoms with Gasteiger partial charge in [0.05, 0.1) is 6.17 Å². The van der Waals surface area contributed by atoms with Gasteiger partial charge < -0.3 is 5.32 Å². The Morgan fingerprint density at radius 1 is 1.08 bits per heavy atom. The van der Waals surface area contributed by atoms with Gasteiger partial charge in [-0.3, -0.25) is 4.90 Å². The highest BCUT2D eigenvalue weighted by Gasteiger charge is 2.11. The number of hydrogen-bond acceptors (Lipinski definition) is 2. The van der Waals surface area contributed by atoms with Crippen LogP contribution < -0.4 is 5.32 Å². The topological polar surface area (TPSA) is 15.3 Å². The Morgan fingerprint density at radius 2 is 1.58 bits per heavy atom. The Morgan fingerprint density at radius 3 is 1.83 bits per heavy atom. The van der Waals surface area contributed by atoms with E-state index in [4.69, 9.17) is 0 Å². The minimum Gasteiger partial charge on any atom is -0.305 e. The molecule has 2 nitrogen and oxygen atoms in total. The first-order chi connectivity index (χ1) is 5.79. The lowest BCUT2D eigenvalue weighted by Gasteiger charge is -2.30. The molecule has 0 aliphatic rings. The molecule has 0 saturated heterocycles. The molecule has 1 N–H and O–H groups in total. The van der Waals surface area contributed by atoms with Crippen LogP contribution in [-0.2, 0) is 0 Å². The Balaban J connectivity index is 3.86. The third-order valence-corrected chi connectivity index (χ3v) is 2.18. The summed E-state index contributed by atoms with van der Waals surface area (Å²) in [5.74, 6) is 0. The van der Waals surface area contributed by atoms with Crippen LogP contribution in [0.2, 0.25) is 0 Å². The number of rotatable bonds is 7. The molecule has 2 heteroatoms. The van der Waals surface area contributed by atoms with Crippen molar-refractivity contribution in [2.24, 2.45) is 0 Å². The average molecular weight is 172 g/mol. The van der Waals surface area contributed by atoms with Crippen molar-refractivity contribution in [2.45, 2.75) is 46.2 Å². The fourth-order valence-corrected chi connectivity index (χ4v) is 1.64. The van der Waals surface area contributed by atoms with Crippen molar-refractivity contribution in [1.82, 2.24) is 10.2 Å². The first-order valence-electron chi connectivity index (χ1n) is 5.21. The van der Waals surface area contributed by atoms with Crippen LogP contribution >= 0.6 is 0 Å². The van der Waals surface area contributed by atoms with E-state index in [-0.39, 0.29) is 0 Å². The minimum atomic E-state index is 0.574. The molecule has 0 aliphatic carbocycles. The lowest BCUT2D eigenvalue weighted by atomic mass is 10.2. The van der Waals surface area contributed by atoms with Gasteiger partial charge in [0, 0.05) is 0 Å². The van der Waals surface area contributed by atoms with Crippen LogP contribution in [0.25, 0.3) is 0 Å². The zero-order chi connectivity index (χ0) is 9.40. The molecule has 0 aromatic rings. The second-order valence-corrected chi connectivity index (χ2v) is 3.25. The predicted molar refractivity (Wildman–Crippen MR) is 55.3 cm³/mol. The highest BCUT2D eigenvalue weighted by molar-refractivity contribution is 4.65. The van der Waals surface area contributed by atoms with Gasteiger partial charge in [0.15, 0.2) is 0 Å². The summed E-state index contributed by atoms with van der Waals surface area (Å²) in [6, 6.07) is 0. The van der Waals surface area contributed by atoms with Gasteiger partial charge >= 0.3 is 0 Å². The molecule has 0 rings (SSSR count). The highest BCUT2D eigenvalue weighted by Crippen LogP contribution is 2.02. The van der Waals surface area contributed by atoms with E-state index in [0.29, 0.717) is 6.17 Å². The Labute approximate surface area is 77.3 Å². The van der Waals surface area contributed by atoms with E-state index in [0.717, 1.165) is 0 Å². The summed E-state index contributed by atoms with van der Waals surface area (Å²) in [5.41, 5.74) is 0. The average Bonchev–Trinajstić information content (AvgIpc) is 2.07. The van der Waals surface area contributed by atoms with E-state index in [1.807, 2.05) is 7.05 Å². The summed E-state index contributed by atoms with van der Waals surface area (Å²) < 4.78 is 0. The van der Waals surface area contributed by atoms with Crippen LogP contribution in [-0.4, -0.2) is 31.2 Å². The molecule has 1 unspecified atom stereocenters. The number of nitrogens with zero attached hydrogens (tertiary/aromatic N) is 1. The van der Waals surface area contributed by atoms with Crippen molar-refractivity contribution in [1.29, 1.82) is 0 Å². The molecule has 1 atom stereocenters. The van der Waals surface area contributed by atoms with Crippen LogP contribution in [0.4, 0.5) is 0 Å². The van der Waals surface area contributed by atoms with Crippen LogP contribution in [0.5, 0.6) is 0 Å². The number of nitrogens with one attached hydrogen (secondary N) is 1. The van der Waals surface area contributed by atoms with E-state index >= 15 is 0 Å². The minimum absolute atomic E-state index is 0.574. The molecule has 0 aromatic carbocycles. The van der Waals surface area contributed by atoms with Crippen molar-refractivity contribution in [2.75, 3.05) is 20.1 Å². The van der Waals surface area contributed by atoms with Gasteiger partial charge in [-0.05, 0) is 39.4 Å². The summed E-state index contributed by atoms with van der Waals surface area (Å²) >= 11 is 0. The quantitative estimate of drug-likeness (QED) is 0.591. The van der Waals surface area contributed by atoms with E-state index in [1.165, 1.54) is 32.4 Å². The van der Waals surface area contributed by atoms with Crippen LogP contribution in [0.15, 0.2) is 0 Å². The zero-order valence-corrected chi connectivity index (χ0v) is 9.06. The molecule has 0 aromatic heterocycles. The van der Waals surface area contributed by atoms with E-state index < -0.39 is 0 Å². The maximum absolute atomic E-state index is 3.35. The Kier molecular flexibility index (Phi) is 7.51. The molecular weight excluding hydrogens is 148 g/mol. The fourth-order valence-electron chi connectivity index (χ4n) is 1.64. The molecule has 0 heterocycles. The first kappa shape index (κ1) is 11.9. The highest BCUT2D eigenvalue weighted by atomic mass is 15.3. The SMILES string of the molecule is CCCN(CCC)C(CC)NC. The largest absolute Gasteiger partial charge is 0.305 e. The number of hydrogen-bond donors (Lipinski definition) is 1. The van der Waals surface area contributed by atoms with E-state index in [9.17, 15) is 0 Å². The third kappa shape index (κ3) is 4.07. The molecule has 0 amide bonds. The van der Waals surface area contributed by atoms with Gasteiger partial charge in [-0.15, -0.1) is 0 Å². The van der Waals surface area contributed by atoms with E-state index in [2.05, 4.69) is 31.0 Å². The lowest BCUT2D eigenvalue weighted by molar-refractivity contribution is 0.168. The summed E-state index contributed by atoms with van der Waals surface area (Å²) in [6.45, 7) is 9.15. The second-order valence-electron chi connectivity index (χ2n) is 3.25. The zero-order valence-electron chi connectivity index (χ0n) is 9.06. The van der Waals surface area contributed by atoms with E-state index in [1.54, 1.807) is 0 Å². The standard InChI is InChI=1S/C10H24N2/c1-5-8-12(9-6-2)10(7-3)11-4/h10-11H,5-9H2,1-4H3. The monoisotopic (exact) mass is 172 g/mol. The van der Waals surface area contributed by atoms with Gasteiger partial charge in [0.25, 0.3) is 0 Å². The molecule has 0 aliphatic heterocycles. The summed E-state index contributed by atoms with van der Waals surface area (Å²) in [6.07, 6.45) is 4.26. The molecule has 0 bridgehead atoms. The van der Waals surface area contributed by atoms with Crippen LogP contribution in [0.3, 0.4) is 0 Å². The molecule has 0 fully saturated rings. The van der Waals surface area contributed by atoms with Gasteiger partial charge in [-0.2, -0.15) is 0 Å². The fraction of sp³-hybridized carbons (Fsp3) is 1.00. The molecule has 0 radical (unpaired) electrons. The summed E-state index contributed by atoms with van der Waals surface area (Å²) in [7, 11) is 2.05. The Hall–Kier alpha value is -0.0800. The summed E-state index contributed by atoms with van der Waals surface area (Å²) in [5, 5.41) is 3.35. The van der Waals surface area contributed by atoms with Gasteiger partial charge in [-0.1, -0.05) is 20.8 Å². The third-order valence-electron chi connectivity index (χ3n) is 2.18. The van der Waals surface area contributed by atoms with Crippen molar-refractivity contribution >= 4 is 0 Å². The molecule has 74 valence electrons. The van der Waals surface area contributed by atoms with Crippen molar-refractivity contribution in [3.8, 4) is 0 Å². The normalized spacial score (nSPS) is 13.8. The summed E-state index contributed by atoms with van der Waals surface area (Å²) in [4.78, 5) is 2.53. The lowest BCUT2D eigenvalue weighted by Crippen LogP contribution is -2.44. The first-order valence-corrected chi connectivity index (χ1v) is 5.21. The molecule has 12 heavy (non-hydrogen) atoms. The maximum atomic E-state index is 3.35. The van der Waals surface area contributed by atoms with Crippen molar-refractivity contribution < 1.29 is 0 Å². The van der Waals surface area contributed by atoms with Crippen LogP contribution in [0.1, 0.15) is 40.0 Å². The Bertz CT molecular complexity index is 83.8. The van der Waals surface area contributed by atoms with Gasteiger partial charge in [0.1, 0.15) is 0 Å². The second kappa shape index (κ2) is 7.56. The van der Waals surface area contributed by atoms with Gasteiger partial charge in [-0.25, -0.2) is 0 Å². The van der Waals surface area contributed by atoms with Crippen molar-refractivity contribution in [3.63, 3.8) is 0 Å².